The number of ether oxygens (including phenoxy) is 1. The van der Waals surface area contributed by atoms with Crippen molar-refractivity contribution in [3.8, 4) is 0 Å². The van der Waals surface area contributed by atoms with Crippen LogP contribution in [0.4, 0.5) is 5.13 Å². The zero-order valence-electron chi connectivity index (χ0n) is 9.06. The lowest BCUT2D eigenvalue weighted by Gasteiger charge is -2.25. The molecule has 3 nitrogen and oxygen atoms in total. The largest absolute Gasteiger partial charge is 0.378 e. The van der Waals surface area contributed by atoms with Crippen LogP contribution in [-0.2, 0) is 4.74 Å². The maximum atomic E-state index is 5.60. The first kappa shape index (κ1) is 11.9. The van der Waals surface area contributed by atoms with Crippen LogP contribution in [0.25, 0.3) is 6.08 Å². The average Bonchev–Trinajstić information content (AvgIpc) is 2.79. The van der Waals surface area contributed by atoms with Crippen LogP contribution < -0.4 is 4.90 Å². The summed E-state index contributed by atoms with van der Waals surface area (Å²) in [5.74, 6) is 0.664. The quantitative estimate of drug-likeness (QED) is 0.777. The summed E-state index contributed by atoms with van der Waals surface area (Å²) < 4.78 is 5.31. The number of nitrogens with zero attached hydrogens (tertiary/aromatic N) is 2. The van der Waals surface area contributed by atoms with Gasteiger partial charge in [-0.3, -0.25) is 0 Å². The van der Waals surface area contributed by atoms with Crippen molar-refractivity contribution in [2.45, 2.75) is 6.42 Å². The van der Waals surface area contributed by atoms with Gasteiger partial charge < -0.3 is 9.64 Å². The summed E-state index contributed by atoms with van der Waals surface area (Å²) in [4.78, 5) is 6.84. The fourth-order valence-electron chi connectivity index (χ4n) is 1.52. The predicted octanol–water partition coefficient (Wildman–Crippen LogP) is 2.62. The fraction of sp³-hybridized carbons (Fsp3) is 0.545. The van der Waals surface area contributed by atoms with Crippen molar-refractivity contribution in [1.82, 2.24) is 4.98 Å². The van der Waals surface area contributed by atoms with Gasteiger partial charge in [0.2, 0.25) is 0 Å². The lowest BCUT2D eigenvalue weighted by Crippen LogP contribution is -2.36. The minimum absolute atomic E-state index is 0.664. The number of allylic oxidation sites excluding steroid dienone is 1. The van der Waals surface area contributed by atoms with E-state index in [1.54, 1.807) is 11.3 Å². The molecule has 0 N–H and O–H groups in total. The van der Waals surface area contributed by atoms with Crippen molar-refractivity contribution in [2.75, 3.05) is 37.1 Å². The molecular weight excluding hydrogens is 244 g/mol. The lowest BCUT2D eigenvalue weighted by molar-refractivity contribution is 0.122. The Morgan fingerprint density at radius 1 is 1.50 bits per heavy atom. The molecule has 5 heteroatoms. The molecule has 0 unspecified atom stereocenters. The van der Waals surface area contributed by atoms with Crippen LogP contribution in [0.5, 0.6) is 0 Å². The van der Waals surface area contributed by atoms with Gasteiger partial charge in [0.15, 0.2) is 5.13 Å². The number of rotatable bonds is 4. The Bertz CT molecular complexity index is 348. The maximum absolute atomic E-state index is 5.60. The van der Waals surface area contributed by atoms with E-state index in [2.05, 4.69) is 21.3 Å². The smallest absolute Gasteiger partial charge is 0.185 e. The first-order chi connectivity index (χ1) is 7.90. The molecule has 1 aliphatic heterocycles. The third-order valence-corrected chi connectivity index (χ3v) is 3.49. The highest BCUT2D eigenvalue weighted by Crippen LogP contribution is 2.22. The molecule has 0 atom stereocenters. The van der Waals surface area contributed by atoms with Crippen LogP contribution in [0.1, 0.15) is 12.1 Å². The van der Waals surface area contributed by atoms with Crippen molar-refractivity contribution in [2.24, 2.45) is 0 Å². The molecule has 2 heterocycles. The molecule has 2 rings (SSSR count). The first-order valence-corrected chi connectivity index (χ1v) is 6.82. The van der Waals surface area contributed by atoms with Crippen molar-refractivity contribution < 1.29 is 4.74 Å². The van der Waals surface area contributed by atoms with Crippen LogP contribution in [0, 0.1) is 0 Å². The van der Waals surface area contributed by atoms with E-state index in [1.807, 2.05) is 6.08 Å². The summed E-state index contributed by atoms with van der Waals surface area (Å²) in [6, 6.07) is 0. The van der Waals surface area contributed by atoms with Gasteiger partial charge in [-0.2, -0.15) is 0 Å². The van der Waals surface area contributed by atoms with E-state index in [9.17, 15) is 0 Å². The summed E-state index contributed by atoms with van der Waals surface area (Å²) in [7, 11) is 0. The number of halogens is 1. The van der Waals surface area contributed by atoms with Gasteiger partial charge in [0.05, 0.1) is 18.9 Å². The zero-order chi connectivity index (χ0) is 11.2. The SMILES string of the molecule is ClCCC=Cc1csc(N2CCOCC2)n1. The summed E-state index contributed by atoms with van der Waals surface area (Å²) in [6.07, 6.45) is 4.99. The van der Waals surface area contributed by atoms with E-state index in [-0.39, 0.29) is 0 Å². The van der Waals surface area contributed by atoms with E-state index in [1.165, 1.54) is 0 Å². The van der Waals surface area contributed by atoms with Gasteiger partial charge in [-0.05, 0) is 12.5 Å². The van der Waals surface area contributed by atoms with Gasteiger partial charge in [0.25, 0.3) is 0 Å². The Kier molecular flexibility index (Phi) is 4.63. The molecule has 0 radical (unpaired) electrons. The van der Waals surface area contributed by atoms with E-state index in [4.69, 9.17) is 16.3 Å². The average molecular weight is 259 g/mol. The van der Waals surface area contributed by atoms with Crippen LogP contribution in [-0.4, -0.2) is 37.2 Å². The van der Waals surface area contributed by atoms with Crippen molar-refractivity contribution >= 4 is 34.1 Å². The molecule has 1 aromatic rings. The third kappa shape index (κ3) is 3.20. The van der Waals surface area contributed by atoms with E-state index < -0.39 is 0 Å². The molecule has 1 aromatic heterocycles. The second kappa shape index (κ2) is 6.23. The van der Waals surface area contributed by atoms with Gasteiger partial charge in [-0.15, -0.1) is 22.9 Å². The van der Waals surface area contributed by atoms with Gasteiger partial charge in [0, 0.05) is 24.3 Å². The summed E-state index contributed by atoms with van der Waals surface area (Å²) in [6.45, 7) is 3.49. The van der Waals surface area contributed by atoms with E-state index >= 15 is 0 Å². The molecule has 0 aliphatic carbocycles. The van der Waals surface area contributed by atoms with Crippen molar-refractivity contribution in [1.29, 1.82) is 0 Å². The highest BCUT2D eigenvalue weighted by molar-refractivity contribution is 7.13. The minimum Gasteiger partial charge on any atom is -0.378 e. The number of morpholine rings is 1. The van der Waals surface area contributed by atoms with Crippen molar-refractivity contribution in [3.63, 3.8) is 0 Å². The second-order valence-corrected chi connectivity index (χ2v) is 4.75. The molecule has 0 amide bonds. The maximum Gasteiger partial charge on any atom is 0.185 e. The summed E-state index contributed by atoms with van der Waals surface area (Å²) in [5.41, 5.74) is 1.02. The number of hydrogen-bond acceptors (Lipinski definition) is 4. The standard InChI is InChI=1S/C11H15ClN2OS/c12-4-2-1-3-10-9-16-11(13-10)14-5-7-15-8-6-14/h1,3,9H,2,4-8H2. The number of aromatic nitrogens is 1. The first-order valence-electron chi connectivity index (χ1n) is 5.41. The molecule has 0 spiro atoms. The molecule has 0 saturated carbocycles. The van der Waals surface area contributed by atoms with Crippen LogP contribution in [0.2, 0.25) is 0 Å². The molecule has 1 fully saturated rings. The van der Waals surface area contributed by atoms with Gasteiger partial charge in [0.1, 0.15) is 0 Å². The highest BCUT2D eigenvalue weighted by atomic mass is 35.5. The number of anilines is 1. The van der Waals surface area contributed by atoms with E-state index in [0.717, 1.165) is 43.5 Å². The predicted molar refractivity (Wildman–Crippen MR) is 69.5 cm³/mol. The van der Waals surface area contributed by atoms with Crippen LogP contribution in [0.3, 0.4) is 0 Å². The minimum atomic E-state index is 0.664. The molecule has 0 aromatic carbocycles. The van der Waals surface area contributed by atoms with E-state index in [0.29, 0.717) is 5.88 Å². The third-order valence-electron chi connectivity index (χ3n) is 2.36. The molecule has 1 saturated heterocycles. The monoisotopic (exact) mass is 258 g/mol. The summed E-state index contributed by atoms with van der Waals surface area (Å²) >= 11 is 7.29. The number of thiazole rings is 1. The highest BCUT2D eigenvalue weighted by Gasteiger charge is 2.13. The Labute approximate surface area is 105 Å². The fourth-order valence-corrected chi connectivity index (χ4v) is 2.49. The van der Waals surface area contributed by atoms with Gasteiger partial charge in [-0.1, -0.05) is 6.08 Å². The normalized spacial score (nSPS) is 17.2. The Hall–Kier alpha value is -0.580. The Balaban J connectivity index is 1.95. The van der Waals surface area contributed by atoms with Gasteiger partial charge in [-0.25, -0.2) is 4.98 Å². The van der Waals surface area contributed by atoms with Crippen molar-refractivity contribution in [3.05, 3.63) is 17.2 Å². The topological polar surface area (TPSA) is 25.4 Å². The second-order valence-electron chi connectivity index (χ2n) is 3.53. The van der Waals surface area contributed by atoms with Crippen LogP contribution >= 0.6 is 22.9 Å². The molecule has 16 heavy (non-hydrogen) atoms. The molecule has 0 bridgehead atoms. The molecule has 1 aliphatic rings. The lowest BCUT2D eigenvalue weighted by atomic mass is 10.3. The Morgan fingerprint density at radius 3 is 3.06 bits per heavy atom. The van der Waals surface area contributed by atoms with Gasteiger partial charge >= 0.3 is 0 Å². The molecule has 88 valence electrons. The van der Waals surface area contributed by atoms with Crippen LogP contribution in [0.15, 0.2) is 11.5 Å². The number of alkyl halides is 1. The Morgan fingerprint density at radius 2 is 2.31 bits per heavy atom. The summed E-state index contributed by atoms with van der Waals surface area (Å²) in [5, 5.41) is 3.17. The zero-order valence-corrected chi connectivity index (χ0v) is 10.6. The number of hydrogen-bond donors (Lipinski definition) is 0. The molecular formula is C11H15ClN2OS.